The van der Waals surface area contributed by atoms with Crippen LogP contribution in [0.3, 0.4) is 0 Å². The second kappa shape index (κ2) is 9.44. The molecule has 1 aromatic carbocycles. The Hall–Kier alpha value is -2.65. The zero-order valence-electron chi connectivity index (χ0n) is 17.0. The molecule has 0 spiro atoms. The van der Waals surface area contributed by atoms with Crippen LogP contribution in [0.1, 0.15) is 40.0 Å². The first-order valence-electron chi connectivity index (χ1n) is 9.58. The van der Waals surface area contributed by atoms with Crippen LogP contribution in [0.2, 0.25) is 5.15 Å². The normalized spacial score (nSPS) is 18.9. The number of halogens is 2. The van der Waals surface area contributed by atoms with Gasteiger partial charge in [0.05, 0.1) is 36.2 Å². The van der Waals surface area contributed by atoms with E-state index in [9.17, 15) is 14.0 Å². The number of amides is 1. The molecule has 1 saturated heterocycles. The monoisotopic (exact) mass is 438 g/mol. The summed E-state index contributed by atoms with van der Waals surface area (Å²) >= 11 is 6.01. The minimum atomic E-state index is -0.537. The lowest BCUT2D eigenvalue weighted by Gasteiger charge is -2.39. The molecule has 0 bridgehead atoms. The van der Waals surface area contributed by atoms with E-state index >= 15 is 0 Å². The number of carbonyl (C=O) groups excluding carboxylic acids is 2. The van der Waals surface area contributed by atoms with Crippen LogP contribution < -0.4 is 10.2 Å². The quantitative estimate of drug-likeness (QED) is 0.673. The van der Waals surface area contributed by atoms with Crippen LogP contribution in [-0.4, -0.2) is 61.3 Å². The van der Waals surface area contributed by atoms with Crippen molar-refractivity contribution in [3.8, 4) is 0 Å². The molecule has 1 fully saturated rings. The van der Waals surface area contributed by atoms with Crippen molar-refractivity contribution < 1.29 is 23.5 Å². The summed E-state index contributed by atoms with van der Waals surface area (Å²) in [5, 5.41) is 3.19. The molecule has 1 aromatic heterocycles. The van der Waals surface area contributed by atoms with E-state index in [4.69, 9.17) is 21.1 Å². The van der Waals surface area contributed by atoms with Crippen molar-refractivity contribution >= 4 is 29.2 Å². The second-order valence-corrected chi connectivity index (χ2v) is 7.31. The Balaban J connectivity index is 1.72. The molecular formula is C20H24ClFN4O4. The number of rotatable bonds is 6. The Labute approximate surface area is 178 Å². The van der Waals surface area contributed by atoms with Gasteiger partial charge < -0.3 is 24.7 Å². The Kier molecular flexibility index (Phi) is 6.94. The third-order valence-electron chi connectivity index (χ3n) is 5.18. The number of anilines is 1. The van der Waals surface area contributed by atoms with Gasteiger partial charge in [-0.25, -0.2) is 14.2 Å². The first-order valence-corrected chi connectivity index (χ1v) is 9.96. The first-order chi connectivity index (χ1) is 14.4. The highest BCUT2D eigenvalue weighted by molar-refractivity contribution is 6.30. The fourth-order valence-electron chi connectivity index (χ4n) is 3.51. The molecule has 2 atom stereocenters. The molecule has 2 N–H and O–H groups in total. The van der Waals surface area contributed by atoms with Gasteiger partial charge in [-0.3, -0.25) is 4.79 Å². The van der Waals surface area contributed by atoms with Crippen molar-refractivity contribution in [3.63, 3.8) is 0 Å². The molecule has 10 heteroatoms. The largest absolute Gasteiger partial charge is 0.465 e. The maximum Gasteiger partial charge on any atom is 0.337 e. The van der Waals surface area contributed by atoms with Crippen LogP contribution in [0, 0.1) is 5.82 Å². The standard InChI is InChI=1S/C20H24ClFN4O4/c1-4-13-17(21)25-18(23-13)19(27)24-14-7-8-26(10-16(14)29-2)15-9-11(20(28)30-3)5-6-12(15)22/h5-6,9,14,16H,4,7-8,10H2,1-3H3,(H,23,25)(H,24,27). The highest BCUT2D eigenvalue weighted by Gasteiger charge is 2.32. The number of benzene rings is 1. The summed E-state index contributed by atoms with van der Waals surface area (Å²) in [5.74, 6) is -1.22. The molecule has 162 valence electrons. The van der Waals surface area contributed by atoms with Gasteiger partial charge in [-0.2, -0.15) is 0 Å². The SMILES string of the molecule is CCc1[nH]c(C(=O)NC2CCN(c3cc(C(=O)OC)ccc3F)CC2OC)nc1Cl. The molecule has 1 aliphatic heterocycles. The minimum Gasteiger partial charge on any atom is -0.465 e. The van der Waals surface area contributed by atoms with Gasteiger partial charge in [-0.05, 0) is 31.0 Å². The number of piperidine rings is 1. The average molecular weight is 439 g/mol. The molecule has 2 heterocycles. The third-order valence-corrected chi connectivity index (χ3v) is 5.50. The third kappa shape index (κ3) is 4.57. The summed E-state index contributed by atoms with van der Waals surface area (Å²) in [6.45, 7) is 2.71. The number of ether oxygens (including phenoxy) is 2. The van der Waals surface area contributed by atoms with Gasteiger partial charge in [-0.15, -0.1) is 0 Å². The van der Waals surface area contributed by atoms with E-state index < -0.39 is 11.8 Å². The lowest BCUT2D eigenvalue weighted by molar-refractivity contribution is 0.0536. The van der Waals surface area contributed by atoms with Crippen molar-refractivity contribution in [2.45, 2.75) is 31.9 Å². The number of hydrogen-bond acceptors (Lipinski definition) is 6. The zero-order valence-corrected chi connectivity index (χ0v) is 17.8. The lowest BCUT2D eigenvalue weighted by atomic mass is 10.00. The van der Waals surface area contributed by atoms with Crippen molar-refractivity contribution in [2.75, 3.05) is 32.2 Å². The number of imidazole rings is 1. The van der Waals surface area contributed by atoms with Crippen LogP contribution in [0.25, 0.3) is 0 Å². The summed E-state index contributed by atoms with van der Waals surface area (Å²) < 4.78 is 24.7. The molecular weight excluding hydrogens is 415 g/mol. The fraction of sp³-hybridized carbons (Fsp3) is 0.450. The van der Waals surface area contributed by atoms with Crippen LogP contribution >= 0.6 is 11.6 Å². The highest BCUT2D eigenvalue weighted by Crippen LogP contribution is 2.26. The Morgan fingerprint density at radius 1 is 1.40 bits per heavy atom. The van der Waals surface area contributed by atoms with Crippen molar-refractivity contribution in [3.05, 3.63) is 46.3 Å². The van der Waals surface area contributed by atoms with Gasteiger partial charge >= 0.3 is 5.97 Å². The van der Waals surface area contributed by atoms with E-state index in [-0.39, 0.29) is 40.3 Å². The number of methoxy groups -OCH3 is 2. The summed E-state index contributed by atoms with van der Waals surface area (Å²) in [5.41, 5.74) is 1.25. The van der Waals surface area contributed by atoms with Crippen LogP contribution in [0.5, 0.6) is 0 Å². The average Bonchev–Trinajstić information content (AvgIpc) is 3.14. The van der Waals surface area contributed by atoms with Crippen molar-refractivity contribution in [2.24, 2.45) is 0 Å². The van der Waals surface area contributed by atoms with Crippen molar-refractivity contribution in [1.29, 1.82) is 0 Å². The number of carbonyl (C=O) groups is 2. The molecule has 30 heavy (non-hydrogen) atoms. The molecule has 3 rings (SSSR count). The van der Waals surface area contributed by atoms with Crippen molar-refractivity contribution in [1.82, 2.24) is 15.3 Å². The topological polar surface area (TPSA) is 96.6 Å². The van der Waals surface area contributed by atoms with Crippen LogP contribution in [0.4, 0.5) is 10.1 Å². The van der Waals surface area contributed by atoms with Crippen LogP contribution in [0.15, 0.2) is 18.2 Å². The Morgan fingerprint density at radius 2 is 2.17 bits per heavy atom. The van der Waals surface area contributed by atoms with Gasteiger partial charge in [0.1, 0.15) is 5.82 Å². The van der Waals surface area contributed by atoms with E-state index in [0.29, 0.717) is 31.6 Å². The molecule has 2 aromatic rings. The smallest absolute Gasteiger partial charge is 0.337 e. The van der Waals surface area contributed by atoms with E-state index in [1.165, 1.54) is 32.4 Å². The zero-order chi connectivity index (χ0) is 21.8. The van der Waals surface area contributed by atoms with Crippen LogP contribution in [-0.2, 0) is 15.9 Å². The minimum absolute atomic E-state index is 0.144. The molecule has 0 radical (unpaired) electrons. The summed E-state index contributed by atoms with van der Waals surface area (Å²) in [4.78, 5) is 33.1. The number of aromatic nitrogens is 2. The number of aryl methyl sites for hydroxylation is 1. The second-order valence-electron chi connectivity index (χ2n) is 6.95. The van der Waals surface area contributed by atoms with Gasteiger partial charge in [0.15, 0.2) is 11.0 Å². The maximum atomic E-state index is 14.4. The maximum absolute atomic E-state index is 14.4. The number of nitrogens with zero attached hydrogens (tertiary/aromatic N) is 2. The molecule has 8 nitrogen and oxygen atoms in total. The number of esters is 1. The highest BCUT2D eigenvalue weighted by atomic mass is 35.5. The Morgan fingerprint density at radius 3 is 2.80 bits per heavy atom. The lowest BCUT2D eigenvalue weighted by Crippen LogP contribution is -2.55. The Bertz CT molecular complexity index is 936. The van der Waals surface area contributed by atoms with E-state index in [0.717, 1.165) is 0 Å². The van der Waals surface area contributed by atoms with Gasteiger partial charge in [-0.1, -0.05) is 18.5 Å². The number of nitrogens with one attached hydrogen (secondary N) is 2. The first kappa shape index (κ1) is 22.0. The summed E-state index contributed by atoms with van der Waals surface area (Å²) in [6, 6.07) is 3.79. The molecule has 0 aliphatic carbocycles. The molecule has 0 saturated carbocycles. The van der Waals surface area contributed by atoms with E-state index in [2.05, 4.69) is 15.3 Å². The summed E-state index contributed by atoms with van der Waals surface area (Å²) in [7, 11) is 2.81. The van der Waals surface area contributed by atoms with Gasteiger partial charge in [0.2, 0.25) is 0 Å². The molecule has 1 amide bonds. The number of H-pyrrole nitrogens is 1. The fourth-order valence-corrected chi connectivity index (χ4v) is 3.77. The molecule has 2 unspecified atom stereocenters. The van der Waals surface area contributed by atoms with Gasteiger partial charge in [0, 0.05) is 20.2 Å². The van der Waals surface area contributed by atoms with E-state index in [1.54, 1.807) is 4.90 Å². The van der Waals surface area contributed by atoms with E-state index in [1.807, 2.05) is 6.92 Å². The van der Waals surface area contributed by atoms with Gasteiger partial charge in [0.25, 0.3) is 5.91 Å². The summed E-state index contributed by atoms with van der Waals surface area (Å²) in [6.07, 6.45) is 0.760. The number of hydrogen-bond donors (Lipinski definition) is 2. The predicted octanol–water partition coefficient (Wildman–Crippen LogP) is 2.57. The predicted molar refractivity (Wildman–Crippen MR) is 110 cm³/mol. The number of aromatic amines is 1. The molecule has 1 aliphatic rings.